The Kier molecular flexibility index (Phi) is 8.21. The maximum atomic E-state index is 11.4. The number of piperazine rings is 1. The molecule has 1 aromatic heterocycles. The molecule has 2 heterocycles. The Morgan fingerprint density at radius 3 is 2.24 bits per heavy atom. The molecule has 1 fully saturated rings. The first kappa shape index (κ1) is 29.6. The number of nitrogens with two attached hydrogens (primary N) is 1. The molecule has 5 nitrogen and oxygen atoms in total. The van der Waals surface area contributed by atoms with Crippen molar-refractivity contribution in [1.29, 1.82) is 0 Å². The minimum Gasteiger partial charge on any atom is -0.386 e. The number of nitrogens with zero attached hydrogens (tertiary/aromatic N) is 2. The van der Waals surface area contributed by atoms with Gasteiger partial charge in [0.2, 0.25) is 5.91 Å². The molecular weight excluding hydrogens is 526 g/mol. The second kappa shape index (κ2) is 11.4. The molecule has 6 heteroatoms. The van der Waals surface area contributed by atoms with Gasteiger partial charge in [-0.3, -0.25) is 9.69 Å². The summed E-state index contributed by atoms with van der Waals surface area (Å²) in [6.45, 7) is 17.9. The van der Waals surface area contributed by atoms with E-state index in [1.807, 2.05) is 49.4 Å². The van der Waals surface area contributed by atoms with Crippen LogP contribution in [0, 0.1) is 19.3 Å². The van der Waals surface area contributed by atoms with E-state index in [0.717, 1.165) is 56.8 Å². The number of allylic oxidation sites excluding steroid dienone is 1. The predicted octanol–water partition coefficient (Wildman–Crippen LogP) is 7.14. The normalized spacial score (nSPS) is 18.2. The summed E-state index contributed by atoms with van der Waals surface area (Å²) in [5.74, 6) is -0.382. The molecule has 1 amide bonds. The molecule has 0 unspecified atom stereocenters. The number of primary amides is 1. The van der Waals surface area contributed by atoms with Crippen molar-refractivity contribution < 1.29 is 9.90 Å². The summed E-state index contributed by atoms with van der Waals surface area (Å²) >= 11 is 1.88. The zero-order chi connectivity index (χ0) is 29.5. The molecule has 0 atom stereocenters. The number of hydrogen-bond acceptors (Lipinski definition) is 5. The Labute approximate surface area is 249 Å². The van der Waals surface area contributed by atoms with Gasteiger partial charge in [0.15, 0.2) is 0 Å². The first-order valence-electron chi connectivity index (χ1n) is 14.8. The number of thiophene rings is 1. The molecule has 0 radical (unpaired) electrons. The number of rotatable bonds is 7. The Bertz CT molecular complexity index is 1430. The number of carbonyl (C=O) groups is 1. The van der Waals surface area contributed by atoms with E-state index in [1.165, 1.54) is 33.6 Å². The summed E-state index contributed by atoms with van der Waals surface area (Å²) in [5, 5.41) is 12.9. The third-order valence-corrected chi connectivity index (χ3v) is 9.90. The minimum absolute atomic E-state index is 0.305. The van der Waals surface area contributed by atoms with Crippen LogP contribution in [0.4, 0.5) is 5.69 Å². The highest BCUT2D eigenvalue weighted by molar-refractivity contribution is 7.11. The summed E-state index contributed by atoms with van der Waals surface area (Å²) in [6, 6.07) is 14.4. The van der Waals surface area contributed by atoms with Gasteiger partial charge in [-0.1, -0.05) is 31.6 Å². The van der Waals surface area contributed by atoms with Crippen molar-refractivity contribution in [3.05, 3.63) is 80.5 Å². The second-order valence-electron chi connectivity index (χ2n) is 13.3. The molecule has 0 bridgehead atoms. The average molecular weight is 572 g/mol. The van der Waals surface area contributed by atoms with Gasteiger partial charge in [-0.05, 0) is 121 Å². The van der Waals surface area contributed by atoms with Gasteiger partial charge in [-0.25, -0.2) is 0 Å². The number of amides is 1. The summed E-state index contributed by atoms with van der Waals surface area (Å²) < 4.78 is 0. The lowest BCUT2D eigenvalue weighted by Crippen LogP contribution is -2.47. The van der Waals surface area contributed by atoms with Crippen LogP contribution in [0.2, 0.25) is 0 Å². The van der Waals surface area contributed by atoms with E-state index in [0.29, 0.717) is 11.0 Å². The van der Waals surface area contributed by atoms with Crippen LogP contribution in [0.1, 0.15) is 78.9 Å². The number of carbonyl (C=O) groups excluding carboxylic acids is 1. The van der Waals surface area contributed by atoms with Crippen LogP contribution in [0.15, 0.2) is 53.4 Å². The summed E-state index contributed by atoms with van der Waals surface area (Å²) in [7, 11) is 0. The maximum Gasteiger partial charge on any atom is 0.248 e. The van der Waals surface area contributed by atoms with E-state index < -0.39 is 5.60 Å². The average Bonchev–Trinajstić information content (AvgIpc) is 3.39. The smallest absolute Gasteiger partial charge is 0.248 e. The first-order valence-corrected chi connectivity index (χ1v) is 15.7. The van der Waals surface area contributed by atoms with Crippen LogP contribution in [0.3, 0.4) is 0 Å². The third kappa shape index (κ3) is 6.61. The Balaban J connectivity index is 1.35. The van der Waals surface area contributed by atoms with Crippen LogP contribution in [0.25, 0.3) is 16.7 Å². The highest BCUT2D eigenvalue weighted by Crippen LogP contribution is 2.46. The van der Waals surface area contributed by atoms with Gasteiger partial charge >= 0.3 is 0 Å². The Morgan fingerprint density at radius 1 is 1.02 bits per heavy atom. The Hall–Kier alpha value is -2.93. The van der Waals surface area contributed by atoms with E-state index in [-0.39, 0.29) is 5.91 Å². The zero-order valence-electron chi connectivity index (χ0n) is 25.5. The lowest BCUT2D eigenvalue weighted by Gasteiger charge is -2.39. The van der Waals surface area contributed by atoms with Crippen LogP contribution >= 0.6 is 11.3 Å². The lowest BCUT2D eigenvalue weighted by atomic mass is 9.73. The molecule has 1 saturated heterocycles. The molecule has 1 aliphatic heterocycles. The molecule has 2 aliphatic rings. The van der Waals surface area contributed by atoms with Gasteiger partial charge in [0, 0.05) is 48.9 Å². The Morgan fingerprint density at radius 2 is 1.66 bits per heavy atom. The molecule has 0 saturated carbocycles. The molecule has 41 heavy (non-hydrogen) atoms. The highest BCUT2D eigenvalue weighted by Gasteiger charge is 2.30. The molecule has 3 aromatic rings. The van der Waals surface area contributed by atoms with Crippen molar-refractivity contribution in [1.82, 2.24) is 4.90 Å². The van der Waals surface area contributed by atoms with Gasteiger partial charge in [0.1, 0.15) is 0 Å². The minimum atomic E-state index is -0.845. The van der Waals surface area contributed by atoms with E-state index in [1.54, 1.807) is 11.1 Å². The number of anilines is 1. The van der Waals surface area contributed by atoms with Gasteiger partial charge in [0.25, 0.3) is 0 Å². The molecule has 3 N–H and O–H groups in total. The SMILES string of the molecule is Cc1cc(C(C)(C)O)cc(C)c1-c1csc(C2=C(CN3CCN(c4ccc(C(N)=O)cc4)CC3)CCC(C)(C)C2)c1. The van der Waals surface area contributed by atoms with Crippen LogP contribution in [-0.4, -0.2) is 48.6 Å². The summed E-state index contributed by atoms with van der Waals surface area (Å²) in [4.78, 5) is 17.8. The number of aliphatic hydroxyl groups is 1. The molecule has 2 aromatic carbocycles. The standard InChI is InChI=1S/C35H45N3O2S/c1-23-17-28(35(5,6)40)18-24(2)32(23)27-19-31(41-22-27)30-20-34(3,4)12-11-26(30)21-37-13-15-38(16-14-37)29-9-7-25(8-10-29)33(36)39/h7-10,17-19,22,40H,11-16,20-21H2,1-6H3,(H2,36,39). The molecular formula is C35H45N3O2S. The number of aryl methyl sites for hydroxylation is 2. The van der Waals surface area contributed by atoms with Crippen molar-refractivity contribution in [2.45, 2.75) is 66.4 Å². The molecule has 218 valence electrons. The fraction of sp³-hybridized carbons (Fsp3) is 0.457. The summed E-state index contributed by atoms with van der Waals surface area (Å²) in [5.41, 5.74) is 15.7. The van der Waals surface area contributed by atoms with Crippen molar-refractivity contribution in [2.24, 2.45) is 11.1 Å². The quantitative estimate of drug-likeness (QED) is 0.316. The van der Waals surface area contributed by atoms with E-state index in [2.05, 4.69) is 61.1 Å². The summed E-state index contributed by atoms with van der Waals surface area (Å²) in [6.07, 6.45) is 3.50. The largest absolute Gasteiger partial charge is 0.386 e. The monoisotopic (exact) mass is 571 g/mol. The molecule has 0 spiro atoms. The van der Waals surface area contributed by atoms with Gasteiger partial charge < -0.3 is 15.7 Å². The highest BCUT2D eigenvalue weighted by atomic mass is 32.1. The van der Waals surface area contributed by atoms with Gasteiger partial charge in [-0.2, -0.15) is 0 Å². The fourth-order valence-corrected chi connectivity index (χ4v) is 7.43. The van der Waals surface area contributed by atoms with Gasteiger partial charge in [0.05, 0.1) is 5.60 Å². The van der Waals surface area contributed by atoms with Crippen molar-refractivity contribution in [3.63, 3.8) is 0 Å². The number of hydrogen-bond donors (Lipinski definition) is 2. The van der Waals surface area contributed by atoms with Crippen molar-refractivity contribution in [2.75, 3.05) is 37.6 Å². The van der Waals surface area contributed by atoms with Crippen LogP contribution in [0.5, 0.6) is 0 Å². The predicted molar refractivity (Wildman–Crippen MR) is 173 cm³/mol. The second-order valence-corrected chi connectivity index (χ2v) is 14.3. The van der Waals surface area contributed by atoms with Crippen molar-refractivity contribution in [3.8, 4) is 11.1 Å². The maximum absolute atomic E-state index is 11.4. The number of benzene rings is 2. The van der Waals surface area contributed by atoms with Crippen LogP contribution < -0.4 is 10.6 Å². The fourth-order valence-electron chi connectivity index (χ4n) is 6.44. The van der Waals surface area contributed by atoms with Crippen LogP contribution in [-0.2, 0) is 5.60 Å². The van der Waals surface area contributed by atoms with E-state index in [4.69, 9.17) is 5.73 Å². The van der Waals surface area contributed by atoms with E-state index >= 15 is 0 Å². The topological polar surface area (TPSA) is 69.8 Å². The lowest BCUT2D eigenvalue weighted by molar-refractivity contribution is 0.0785. The zero-order valence-corrected chi connectivity index (χ0v) is 26.3. The molecule has 5 rings (SSSR count). The van der Waals surface area contributed by atoms with E-state index in [9.17, 15) is 9.90 Å². The first-order chi connectivity index (χ1) is 19.3. The van der Waals surface area contributed by atoms with Gasteiger partial charge in [-0.15, -0.1) is 11.3 Å². The third-order valence-electron chi connectivity index (χ3n) is 8.91. The van der Waals surface area contributed by atoms with Crippen molar-refractivity contribution >= 4 is 28.5 Å². The molecule has 1 aliphatic carbocycles.